The molecule has 1 saturated heterocycles. The van der Waals surface area contributed by atoms with Crippen molar-refractivity contribution in [2.45, 2.75) is 83.8 Å². The summed E-state index contributed by atoms with van der Waals surface area (Å²) in [6.07, 6.45) is 0.449. The summed E-state index contributed by atoms with van der Waals surface area (Å²) in [5.41, 5.74) is 2.08. The molecule has 71 heavy (non-hydrogen) atoms. The Bertz CT molecular complexity index is 2830. The van der Waals surface area contributed by atoms with Crippen molar-refractivity contribution < 1.29 is 47.7 Å². The lowest BCUT2D eigenvalue weighted by atomic mass is 9.85. The quantitative estimate of drug-likeness (QED) is 0.0626. The molecule has 0 radical (unpaired) electrons. The van der Waals surface area contributed by atoms with Crippen LogP contribution in [-0.2, 0) is 37.6 Å². The van der Waals surface area contributed by atoms with Crippen LogP contribution in [-0.4, -0.2) is 133 Å². The van der Waals surface area contributed by atoms with E-state index in [4.69, 9.17) is 9.47 Å². The molecular weight excluding hydrogens is 942 g/mol. The maximum atomic E-state index is 14.7. The number of hydrogen-bond donors (Lipinski definition) is 7. The number of thiazole rings is 1. The highest BCUT2D eigenvalue weighted by molar-refractivity contribution is 7.13. The molecule has 1 aliphatic carbocycles. The van der Waals surface area contributed by atoms with E-state index in [9.17, 15) is 38.3 Å². The van der Waals surface area contributed by atoms with Crippen molar-refractivity contribution in [1.29, 1.82) is 0 Å². The average Bonchev–Trinajstić information content (AvgIpc) is 3.59. The minimum atomic E-state index is -2.02. The Morgan fingerprint density at radius 1 is 1.01 bits per heavy atom. The van der Waals surface area contributed by atoms with Gasteiger partial charge in [-0.2, -0.15) is 5.10 Å². The average molecular weight is 998 g/mol. The molecular formula is C47H56FN13O9S. The largest absolute Gasteiger partial charge is 0.494 e. The minimum absolute atomic E-state index is 0.0223. The summed E-state index contributed by atoms with van der Waals surface area (Å²) in [5, 5.41) is 39.2. The maximum Gasteiger partial charge on any atom is 0.273 e. The molecule has 3 aromatic heterocycles. The van der Waals surface area contributed by atoms with Crippen LogP contribution in [0, 0.1) is 12.3 Å². The Labute approximate surface area is 411 Å². The van der Waals surface area contributed by atoms with Gasteiger partial charge in [0.15, 0.2) is 28.8 Å². The summed E-state index contributed by atoms with van der Waals surface area (Å²) in [6.45, 7) is 6.24. The molecule has 0 bridgehead atoms. The van der Waals surface area contributed by atoms with E-state index < -0.39 is 71.3 Å². The number of aryl methyl sites for hydroxylation is 2. The molecule has 1 aliphatic heterocycles. The number of alkyl halides is 1. The van der Waals surface area contributed by atoms with Gasteiger partial charge in [-0.3, -0.25) is 33.4 Å². The van der Waals surface area contributed by atoms with Gasteiger partial charge in [0, 0.05) is 45.2 Å². The Hall–Kier alpha value is -7.60. The van der Waals surface area contributed by atoms with Gasteiger partial charge >= 0.3 is 0 Å². The first-order valence-corrected chi connectivity index (χ1v) is 23.5. The van der Waals surface area contributed by atoms with Crippen LogP contribution in [0.25, 0.3) is 21.8 Å². The number of nitrogens with zero attached hydrogens (tertiary/aromatic N) is 7. The van der Waals surface area contributed by atoms with Gasteiger partial charge in [0.1, 0.15) is 24.2 Å². The second kappa shape index (κ2) is 21.6. The van der Waals surface area contributed by atoms with Crippen LogP contribution in [0.1, 0.15) is 68.2 Å². The third kappa shape index (κ3) is 12.2. The Morgan fingerprint density at radius 2 is 1.79 bits per heavy atom. The van der Waals surface area contributed by atoms with E-state index in [0.29, 0.717) is 34.1 Å². The number of amides is 6. The number of carbonyl (C=O) groups excluding carboxylic acids is 6. The third-order valence-corrected chi connectivity index (χ3v) is 12.7. The molecule has 376 valence electrons. The van der Waals surface area contributed by atoms with Crippen LogP contribution in [0.2, 0.25) is 0 Å². The molecule has 3 atom stereocenters. The zero-order valence-electron chi connectivity index (χ0n) is 40.2. The number of aliphatic hydroxyl groups excluding tert-OH is 1. The van der Waals surface area contributed by atoms with E-state index in [1.165, 1.54) is 36.5 Å². The number of aromatic nitrogens is 6. The summed E-state index contributed by atoms with van der Waals surface area (Å²) in [7, 11) is 4.65. The highest BCUT2D eigenvalue weighted by Crippen LogP contribution is 2.41. The molecule has 7 N–H and O–H groups in total. The molecule has 2 aromatic carbocycles. The van der Waals surface area contributed by atoms with E-state index in [-0.39, 0.29) is 62.6 Å². The first-order valence-electron chi connectivity index (χ1n) is 22.7. The van der Waals surface area contributed by atoms with Gasteiger partial charge in [0.05, 0.1) is 65.8 Å². The molecule has 4 heterocycles. The Morgan fingerprint density at radius 3 is 2.45 bits per heavy atom. The lowest BCUT2D eigenvalue weighted by Crippen LogP contribution is -2.59. The summed E-state index contributed by atoms with van der Waals surface area (Å²) < 4.78 is 28.0. The Balaban J connectivity index is 0.971. The predicted octanol–water partition coefficient (Wildman–Crippen LogP) is 2.95. The topological polar surface area (TPSA) is 286 Å². The van der Waals surface area contributed by atoms with Crippen molar-refractivity contribution >= 4 is 64.0 Å². The standard InChI is InChI=1S/C47H56FN13O9S/c1-25-39(71-24-53-25)26-11-12-27(20-51-42(65)32-18-28(62)22-61(32)44(67)40(46(2,3)4)56-45(68)47(48)14-15-47)33(17-26)70-16-13-35(63)50-21-36(64)55-34-19-31(37(58-57-34)43(66)49-5)54-30-10-8-9-29(38(30)69-7)41-52-23-60(6)59-41/h8-12,17,19,23-24,28,32,40,62H,13-16,18,20-22H2,1-7H3,(H,49,66)(H,50,63)(H,51,65)(H,56,68)(H2,54,55,57,64)/t28-,32+,40-/m1/s1. The summed E-state index contributed by atoms with van der Waals surface area (Å²) in [4.78, 5) is 90.1. The predicted molar refractivity (Wildman–Crippen MR) is 258 cm³/mol. The number of benzene rings is 2. The molecule has 5 aromatic rings. The fraction of sp³-hybridized carbons (Fsp3) is 0.426. The summed E-state index contributed by atoms with van der Waals surface area (Å²) in [6, 6.07) is 9.77. The number of halogens is 1. The lowest BCUT2D eigenvalue weighted by molar-refractivity contribution is -0.145. The van der Waals surface area contributed by atoms with Crippen LogP contribution in [0.5, 0.6) is 11.5 Å². The van der Waals surface area contributed by atoms with E-state index in [2.05, 4.69) is 57.2 Å². The van der Waals surface area contributed by atoms with Crippen LogP contribution in [0.15, 0.2) is 54.3 Å². The van der Waals surface area contributed by atoms with Crippen molar-refractivity contribution in [2.24, 2.45) is 12.5 Å². The molecule has 2 fully saturated rings. The zero-order valence-corrected chi connectivity index (χ0v) is 41.0. The molecule has 0 spiro atoms. The lowest BCUT2D eigenvalue weighted by Gasteiger charge is -2.35. The number of nitrogens with one attached hydrogen (secondary N) is 6. The molecule has 22 nitrogen and oxygen atoms in total. The SMILES string of the molecule is CNC(=O)c1nnc(NC(=O)CNC(=O)CCOc2cc(-c3scnc3C)ccc2CNC(=O)[C@@H]2C[C@@H](O)CN2C(=O)[C@@H](NC(=O)C2(F)CC2)C(C)(C)C)cc1Nc1cccc(-c2ncn(C)n2)c1OC. The number of β-amino-alcohol motifs (C(OH)–C–C–N with tert-alkyl or cyclic N) is 1. The van der Waals surface area contributed by atoms with Gasteiger partial charge < -0.3 is 51.4 Å². The van der Waals surface area contributed by atoms with Gasteiger partial charge in [-0.1, -0.05) is 39.0 Å². The number of ether oxygens (including phenoxy) is 2. The van der Waals surface area contributed by atoms with Crippen LogP contribution in [0.4, 0.5) is 21.6 Å². The van der Waals surface area contributed by atoms with E-state index >= 15 is 0 Å². The fourth-order valence-electron chi connectivity index (χ4n) is 7.75. The third-order valence-electron chi connectivity index (χ3n) is 11.7. The van der Waals surface area contributed by atoms with Gasteiger partial charge in [-0.25, -0.2) is 14.4 Å². The van der Waals surface area contributed by atoms with Crippen molar-refractivity contribution in [1.82, 2.24) is 56.1 Å². The molecule has 2 aliphatic rings. The van der Waals surface area contributed by atoms with Crippen LogP contribution >= 0.6 is 11.3 Å². The number of methoxy groups -OCH3 is 1. The number of aliphatic hydroxyl groups is 1. The second-order valence-corrected chi connectivity index (χ2v) is 19.0. The van der Waals surface area contributed by atoms with Crippen LogP contribution < -0.4 is 41.4 Å². The second-order valence-electron chi connectivity index (χ2n) is 18.2. The maximum absolute atomic E-state index is 14.7. The Kier molecular flexibility index (Phi) is 15.6. The van der Waals surface area contributed by atoms with Gasteiger partial charge in [-0.15, -0.1) is 21.5 Å². The smallest absolute Gasteiger partial charge is 0.273 e. The van der Waals surface area contributed by atoms with Crippen molar-refractivity contribution in [2.75, 3.05) is 44.5 Å². The van der Waals surface area contributed by atoms with Crippen molar-refractivity contribution in [3.63, 3.8) is 0 Å². The van der Waals surface area contributed by atoms with Crippen molar-refractivity contribution in [3.8, 4) is 33.3 Å². The zero-order chi connectivity index (χ0) is 51.2. The molecule has 7 rings (SSSR count). The van der Waals surface area contributed by atoms with E-state index in [1.54, 1.807) is 74.7 Å². The minimum Gasteiger partial charge on any atom is -0.494 e. The molecule has 0 unspecified atom stereocenters. The fourth-order valence-corrected chi connectivity index (χ4v) is 8.56. The molecule has 6 amide bonds. The number of rotatable bonds is 19. The van der Waals surface area contributed by atoms with E-state index in [1.807, 2.05) is 13.0 Å². The highest BCUT2D eigenvalue weighted by Gasteiger charge is 2.53. The van der Waals surface area contributed by atoms with Gasteiger partial charge in [-0.05, 0) is 48.9 Å². The number of carbonyl (C=O) groups is 6. The molecule has 1 saturated carbocycles. The first kappa shape index (κ1) is 51.3. The number of hydrogen-bond acceptors (Lipinski definition) is 16. The van der Waals surface area contributed by atoms with Crippen molar-refractivity contribution in [3.05, 3.63) is 71.3 Å². The number of anilines is 3. The first-order chi connectivity index (χ1) is 33.8. The normalized spacial score (nSPS) is 16.3. The number of likely N-dealkylation sites (tertiary alicyclic amines) is 1. The number of para-hydroxylation sites is 1. The van der Waals surface area contributed by atoms with Gasteiger partial charge in [0.2, 0.25) is 23.6 Å². The van der Waals surface area contributed by atoms with E-state index in [0.717, 1.165) is 16.1 Å². The summed E-state index contributed by atoms with van der Waals surface area (Å²) in [5.74, 6) is -2.64. The monoisotopic (exact) mass is 997 g/mol. The summed E-state index contributed by atoms with van der Waals surface area (Å²) >= 11 is 1.43. The molecule has 24 heteroatoms. The van der Waals surface area contributed by atoms with Gasteiger partial charge in [0.25, 0.3) is 11.8 Å². The van der Waals surface area contributed by atoms with Crippen LogP contribution in [0.3, 0.4) is 0 Å². The highest BCUT2D eigenvalue weighted by atomic mass is 32.1.